The predicted octanol–water partition coefficient (Wildman–Crippen LogP) is -1.33. The quantitative estimate of drug-likeness (QED) is 0.366. The van der Waals surface area contributed by atoms with Gasteiger partial charge in [0.2, 0.25) is 0 Å². The van der Waals surface area contributed by atoms with E-state index in [-0.39, 0.29) is 19.8 Å². The third-order valence-corrected chi connectivity index (χ3v) is 0.416. The van der Waals surface area contributed by atoms with Crippen molar-refractivity contribution in [3.05, 3.63) is 0 Å². The van der Waals surface area contributed by atoms with Crippen molar-refractivity contribution in [3.8, 4) is 12.0 Å². The smallest absolute Gasteiger partial charge is 0.107 e. The van der Waals surface area contributed by atoms with Gasteiger partial charge in [-0.1, -0.05) is 5.92 Å². The van der Waals surface area contributed by atoms with Gasteiger partial charge in [-0.15, -0.1) is 0 Å². The van der Waals surface area contributed by atoms with Gasteiger partial charge in [0.25, 0.3) is 0 Å². The van der Waals surface area contributed by atoms with Gasteiger partial charge in [-0.3, -0.25) is 0 Å². The molecule has 0 saturated carbocycles. The average Bonchev–Trinajstić information content (AvgIpc) is 2.01. The molecule has 0 radical (unpaired) electrons. The maximum atomic E-state index is 7.98. The molecule has 4 heteroatoms. The molecule has 0 aliphatic rings. The Morgan fingerprint density at radius 2 is 1.40 bits per heavy atom. The lowest BCUT2D eigenvalue weighted by Gasteiger charge is -1.71. The van der Waals surface area contributed by atoms with Crippen molar-refractivity contribution in [2.75, 3.05) is 19.8 Å². The third kappa shape index (κ3) is 26.9. The van der Waals surface area contributed by atoms with Crippen LogP contribution >= 0.6 is 0 Å². The number of hydrogen-bond donors (Lipinski definition) is 4. The van der Waals surface area contributed by atoms with Gasteiger partial charge in [0, 0.05) is 6.42 Å². The van der Waals surface area contributed by atoms with Crippen LogP contribution in [0.25, 0.3) is 0 Å². The molecule has 10 heavy (non-hydrogen) atoms. The van der Waals surface area contributed by atoms with Crippen molar-refractivity contribution in [2.45, 2.75) is 6.42 Å². The summed E-state index contributed by atoms with van der Waals surface area (Å²) in [7, 11) is 0. The Morgan fingerprint density at radius 3 is 1.50 bits per heavy atom. The minimum atomic E-state index is -0.125. The number of aliphatic hydroxyl groups is 4. The fourth-order valence-electron chi connectivity index (χ4n) is 0.112. The summed E-state index contributed by atoms with van der Waals surface area (Å²) in [6, 6.07) is 0. The molecule has 4 nitrogen and oxygen atoms in total. The molecule has 0 aliphatic carbocycles. The predicted molar refractivity (Wildman–Crippen MR) is 35.6 cm³/mol. The second kappa shape index (κ2) is 15.7. The van der Waals surface area contributed by atoms with Crippen LogP contribution in [0.1, 0.15) is 6.42 Å². The van der Waals surface area contributed by atoms with E-state index in [4.69, 9.17) is 20.4 Å². The summed E-state index contributed by atoms with van der Waals surface area (Å²) in [5.41, 5.74) is 0. The fourth-order valence-corrected chi connectivity index (χ4v) is 0.112. The topological polar surface area (TPSA) is 80.9 Å². The van der Waals surface area contributed by atoms with Gasteiger partial charge in [-0.25, -0.2) is 0 Å². The van der Waals surface area contributed by atoms with Crippen LogP contribution in [0, 0.1) is 12.0 Å². The number of aliphatic hydroxyl groups excluding tert-OH is 4. The van der Waals surface area contributed by atoms with Gasteiger partial charge in [-0.2, -0.15) is 0 Å². The molecule has 0 aliphatic heterocycles. The summed E-state index contributed by atoms with van der Waals surface area (Å²) >= 11 is 0. The van der Waals surface area contributed by atoms with Gasteiger partial charge in [0.05, 0.1) is 19.8 Å². The zero-order valence-corrected chi connectivity index (χ0v) is 5.62. The molecule has 60 valence electrons. The van der Waals surface area contributed by atoms with Crippen LogP contribution in [0.3, 0.4) is 0 Å². The van der Waals surface area contributed by atoms with Gasteiger partial charge in [-0.05, 0) is 0 Å². The Bertz CT molecular complexity index is 89.7. The Balaban J connectivity index is 0. The largest absolute Gasteiger partial charge is 0.462 e. The van der Waals surface area contributed by atoms with Gasteiger partial charge >= 0.3 is 0 Å². The van der Waals surface area contributed by atoms with E-state index in [0.29, 0.717) is 6.42 Å². The summed E-state index contributed by atoms with van der Waals surface area (Å²) in [6.45, 7) is -0.229. The molecule has 0 aromatic rings. The van der Waals surface area contributed by atoms with E-state index in [1.807, 2.05) is 0 Å². The average molecular weight is 148 g/mol. The minimum Gasteiger partial charge on any atom is -0.462 e. The van der Waals surface area contributed by atoms with E-state index in [1.165, 1.54) is 0 Å². The second-order valence-electron chi connectivity index (χ2n) is 1.21. The van der Waals surface area contributed by atoms with Crippen molar-refractivity contribution < 1.29 is 20.4 Å². The highest BCUT2D eigenvalue weighted by molar-refractivity contribution is 4.88. The van der Waals surface area contributed by atoms with E-state index in [0.717, 1.165) is 0 Å². The van der Waals surface area contributed by atoms with Crippen LogP contribution in [0.15, 0.2) is 0 Å². The molecule has 0 atom stereocenters. The normalized spacial score (nSPS) is 6.70. The van der Waals surface area contributed by atoms with Crippen LogP contribution in [0.5, 0.6) is 0 Å². The summed E-state index contributed by atoms with van der Waals surface area (Å²) in [5, 5.41) is 31.0. The molecule has 0 unspecified atom stereocenters. The van der Waals surface area contributed by atoms with E-state index >= 15 is 0 Å². The summed E-state index contributed by atoms with van der Waals surface area (Å²) in [6.07, 6.45) is 2.02. The SMILES string of the molecule is OC#CCCO.OCCO. The highest BCUT2D eigenvalue weighted by Crippen LogP contribution is 1.64. The molecule has 0 bridgehead atoms. The van der Waals surface area contributed by atoms with Crippen molar-refractivity contribution in [3.63, 3.8) is 0 Å². The van der Waals surface area contributed by atoms with Gasteiger partial charge < -0.3 is 20.4 Å². The first-order valence-corrected chi connectivity index (χ1v) is 2.78. The molecule has 4 N–H and O–H groups in total. The van der Waals surface area contributed by atoms with E-state index in [1.54, 1.807) is 6.11 Å². The molecule has 0 rings (SSSR count). The van der Waals surface area contributed by atoms with Crippen molar-refractivity contribution >= 4 is 0 Å². The lowest BCUT2D eigenvalue weighted by molar-refractivity contribution is 0.186. The molecule has 0 aromatic carbocycles. The molecule has 0 saturated heterocycles. The lowest BCUT2D eigenvalue weighted by atomic mass is 10.5. The first kappa shape index (κ1) is 12.0. The van der Waals surface area contributed by atoms with Gasteiger partial charge in [0.1, 0.15) is 6.11 Å². The molecule has 0 spiro atoms. The summed E-state index contributed by atoms with van der Waals surface area (Å²) < 4.78 is 0. The van der Waals surface area contributed by atoms with E-state index in [2.05, 4.69) is 5.92 Å². The Morgan fingerprint density at radius 1 is 0.900 bits per heavy atom. The molecular formula is C6H12O4. The monoisotopic (exact) mass is 148 g/mol. The lowest BCUT2D eigenvalue weighted by Crippen LogP contribution is -1.85. The standard InChI is InChI=1S/C4H6O2.C2H6O2/c5-3-1-2-4-6;3-1-2-4/h5-6H,1,3H2;3-4H,1-2H2. The first-order chi connectivity index (χ1) is 4.83. The molecular weight excluding hydrogens is 136 g/mol. The highest BCUT2D eigenvalue weighted by atomic mass is 16.3. The summed E-state index contributed by atoms with van der Waals surface area (Å²) in [4.78, 5) is 0. The molecule has 0 aromatic heterocycles. The molecule has 0 fully saturated rings. The Kier molecular flexibility index (Phi) is 18.8. The second-order valence-corrected chi connectivity index (χ2v) is 1.21. The first-order valence-electron chi connectivity index (χ1n) is 2.78. The van der Waals surface area contributed by atoms with Crippen LogP contribution < -0.4 is 0 Å². The third-order valence-electron chi connectivity index (χ3n) is 0.416. The number of rotatable bonds is 2. The van der Waals surface area contributed by atoms with Crippen LogP contribution in [-0.2, 0) is 0 Å². The van der Waals surface area contributed by atoms with Crippen molar-refractivity contribution in [2.24, 2.45) is 0 Å². The van der Waals surface area contributed by atoms with Crippen molar-refractivity contribution in [1.29, 1.82) is 0 Å². The van der Waals surface area contributed by atoms with Crippen LogP contribution in [0.2, 0.25) is 0 Å². The van der Waals surface area contributed by atoms with Crippen LogP contribution in [-0.4, -0.2) is 40.2 Å². The number of hydrogen-bond acceptors (Lipinski definition) is 4. The van der Waals surface area contributed by atoms with E-state index < -0.39 is 0 Å². The minimum absolute atomic E-state index is 0.0214. The Labute approximate surface area is 59.7 Å². The zero-order valence-electron chi connectivity index (χ0n) is 5.62. The Hall–Kier alpha value is -0.760. The van der Waals surface area contributed by atoms with Gasteiger partial charge in [0.15, 0.2) is 0 Å². The zero-order chi connectivity index (χ0) is 8.24. The summed E-state index contributed by atoms with van der Waals surface area (Å²) in [5.74, 6) is 2.25. The van der Waals surface area contributed by atoms with E-state index in [9.17, 15) is 0 Å². The highest BCUT2D eigenvalue weighted by Gasteiger charge is 1.65. The molecule has 0 heterocycles. The maximum Gasteiger partial charge on any atom is 0.107 e. The van der Waals surface area contributed by atoms with Crippen LogP contribution in [0.4, 0.5) is 0 Å². The maximum absolute atomic E-state index is 7.98. The van der Waals surface area contributed by atoms with Crippen molar-refractivity contribution in [1.82, 2.24) is 0 Å². The molecule has 0 amide bonds. The fraction of sp³-hybridized carbons (Fsp3) is 0.667.